The van der Waals surface area contributed by atoms with Crippen LogP contribution in [-0.4, -0.2) is 22.8 Å². The van der Waals surface area contributed by atoms with Crippen molar-refractivity contribution >= 4 is 50.1 Å². The van der Waals surface area contributed by atoms with Gasteiger partial charge in [-0.15, -0.1) is 0 Å². The first-order valence-electron chi connectivity index (χ1n) is 6.51. The third-order valence-corrected chi connectivity index (χ3v) is 4.07. The van der Waals surface area contributed by atoms with E-state index >= 15 is 0 Å². The minimum atomic E-state index is -0.585. The van der Waals surface area contributed by atoms with Gasteiger partial charge in [0.1, 0.15) is 6.04 Å². The standard InChI is InChI=1S/C14H16ClN3O2S/c1-7(2)12(16-8(3)19)13(20)18-14-17-10-6-9(15)4-5-11(10)21-14/h4-7,12H,1-3H3,(H,16,19)(H,17,18,20). The Hall–Kier alpha value is -1.66. The summed E-state index contributed by atoms with van der Waals surface area (Å²) in [6, 6.07) is 4.80. The minimum Gasteiger partial charge on any atom is -0.344 e. The number of benzene rings is 1. The largest absolute Gasteiger partial charge is 0.344 e. The molecule has 1 unspecified atom stereocenters. The molecule has 1 atom stereocenters. The lowest BCUT2D eigenvalue weighted by molar-refractivity contribution is -0.126. The number of hydrogen-bond acceptors (Lipinski definition) is 4. The van der Waals surface area contributed by atoms with E-state index in [9.17, 15) is 9.59 Å². The van der Waals surface area contributed by atoms with Crippen LogP contribution in [0.1, 0.15) is 20.8 Å². The third-order valence-electron chi connectivity index (χ3n) is 2.89. The Balaban J connectivity index is 2.17. The fourth-order valence-electron chi connectivity index (χ4n) is 1.89. The number of carbonyl (C=O) groups excluding carboxylic acids is 2. The zero-order chi connectivity index (χ0) is 15.6. The molecular formula is C14H16ClN3O2S. The van der Waals surface area contributed by atoms with Gasteiger partial charge in [0.05, 0.1) is 10.2 Å². The Morgan fingerprint density at radius 1 is 1.33 bits per heavy atom. The Morgan fingerprint density at radius 3 is 2.67 bits per heavy atom. The van der Waals surface area contributed by atoms with E-state index in [1.165, 1.54) is 18.3 Å². The predicted molar refractivity (Wildman–Crippen MR) is 85.7 cm³/mol. The number of aromatic nitrogens is 1. The molecule has 0 fully saturated rings. The summed E-state index contributed by atoms with van der Waals surface area (Å²) in [6.45, 7) is 5.14. The zero-order valence-corrected chi connectivity index (χ0v) is 13.5. The highest BCUT2D eigenvalue weighted by Gasteiger charge is 2.23. The molecule has 1 aromatic heterocycles. The molecular weight excluding hydrogens is 310 g/mol. The zero-order valence-electron chi connectivity index (χ0n) is 11.9. The maximum Gasteiger partial charge on any atom is 0.248 e. The molecule has 2 rings (SSSR count). The second-order valence-electron chi connectivity index (χ2n) is 5.04. The van der Waals surface area contributed by atoms with Crippen molar-refractivity contribution in [1.29, 1.82) is 0 Å². The second-order valence-corrected chi connectivity index (χ2v) is 6.51. The van der Waals surface area contributed by atoms with Crippen molar-refractivity contribution in [3.05, 3.63) is 23.2 Å². The number of rotatable bonds is 4. The van der Waals surface area contributed by atoms with Crippen LogP contribution in [0.25, 0.3) is 10.2 Å². The average molecular weight is 326 g/mol. The number of amides is 2. The number of nitrogens with one attached hydrogen (secondary N) is 2. The number of halogens is 1. The van der Waals surface area contributed by atoms with Gasteiger partial charge in [0.2, 0.25) is 11.8 Å². The van der Waals surface area contributed by atoms with Crippen molar-refractivity contribution in [1.82, 2.24) is 10.3 Å². The molecule has 2 aromatic rings. The van der Waals surface area contributed by atoms with Gasteiger partial charge in [-0.3, -0.25) is 9.59 Å². The number of carbonyl (C=O) groups is 2. The normalized spacial score (nSPS) is 12.4. The van der Waals surface area contributed by atoms with E-state index in [2.05, 4.69) is 15.6 Å². The molecule has 0 spiro atoms. The molecule has 0 aliphatic rings. The summed E-state index contributed by atoms with van der Waals surface area (Å²) in [4.78, 5) is 27.7. The minimum absolute atomic E-state index is 0.0160. The summed E-state index contributed by atoms with van der Waals surface area (Å²) >= 11 is 7.28. The topological polar surface area (TPSA) is 71.1 Å². The molecule has 21 heavy (non-hydrogen) atoms. The van der Waals surface area contributed by atoms with Crippen molar-refractivity contribution in [2.45, 2.75) is 26.8 Å². The van der Waals surface area contributed by atoms with Crippen molar-refractivity contribution in [3.8, 4) is 0 Å². The van der Waals surface area contributed by atoms with Crippen LogP contribution in [0.5, 0.6) is 0 Å². The fourth-order valence-corrected chi connectivity index (χ4v) is 2.91. The summed E-state index contributed by atoms with van der Waals surface area (Å²) in [5.41, 5.74) is 0.739. The van der Waals surface area contributed by atoms with Crippen molar-refractivity contribution in [3.63, 3.8) is 0 Å². The van der Waals surface area contributed by atoms with Gasteiger partial charge >= 0.3 is 0 Å². The lowest BCUT2D eigenvalue weighted by Crippen LogP contribution is -2.46. The van der Waals surface area contributed by atoms with Crippen LogP contribution < -0.4 is 10.6 Å². The molecule has 112 valence electrons. The van der Waals surface area contributed by atoms with Crippen LogP contribution in [0, 0.1) is 5.92 Å². The van der Waals surface area contributed by atoms with E-state index in [1.54, 1.807) is 12.1 Å². The molecule has 0 saturated carbocycles. The maximum absolute atomic E-state index is 12.2. The van der Waals surface area contributed by atoms with Gasteiger partial charge < -0.3 is 10.6 Å². The smallest absolute Gasteiger partial charge is 0.248 e. The van der Waals surface area contributed by atoms with E-state index in [0.717, 1.165) is 10.2 Å². The first-order chi connectivity index (χ1) is 9.86. The molecule has 2 amide bonds. The number of nitrogens with zero attached hydrogens (tertiary/aromatic N) is 1. The van der Waals surface area contributed by atoms with Gasteiger partial charge in [-0.05, 0) is 24.1 Å². The Labute approximate surface area is 131 Å². The molecule has 0 radical (unpaired) electrons. The first-order valence-corrected chi connectivity index (χ1v) is 7.70. The molecule has 2 N–H and O–H groups in total. The summed E-state index contributed by atoms with van der Waals surface area (Å²) in [5, 5.41) is 6.49. The highest BCUT2D eigenvalue weighted by molar-refractivity contribution is 7.22. The highest BCUT2D eigenvalue weighted by Crippen LogP contribution is 2.28. The van der Waals surface area contributed by atoms with E-state index in [4.69, 9.17) is 11.6 Å². The lowest BCUT2D eigenvalue weighted by atomic mass is 10.0. The highest BCUT2D eigenvalue weighted by atomic mass is 35.5. The second kappa shape index (κ2) is 6.41. The van der Waals surface area contributed by atoms with Crippen LogP contribution in [0.3, 0.4) is 0 Å². The molecule has 1 aromatic carbocycles. The summed E-state index contributed by atoms with van der Waals surface area (Å²) < 4.78 is 0.940. The molecule has 1 heterocycles. The maximum atomic E-state index is 12.2. The Kier molecular flexibility index (Phi) is 4.80. The van der Waals surface area contributed by atoms with Gasteiger partial charge in [0.25, 0.3) is 0 Å². The van der Waals surface area contributed by atoms with Gasteiger partial charge in [0.15, 0.2) is 5.13 Å². The number of fused-ring (bicyclic) bond motifs is 1. The number of anilines is 1. The van der Waals surface area contributed by atoms with Crippen LogP contribution in [0.2, 0.25) is 5.02 Å². The molecule has 0 aliphatic heterocycles. The fraction of sp³-hybridized carbons (Fsp3) is 0.357. The van der Waals surface area contributed by atoms with E-state index in [-0.39, 0.29) is 17.7 Å². The Morgan fingerprint density at radius 2 is 2.05 bits per heavy atom. The average Bonchev–Trinajstić information content (AvgIpc) is 2.76. The summed E-state index contributed by atoms with van der Waals surface area (Å²) in [6.07, 6.45) is 0. The molecule has 5 nitrogen and oxygen atoms in total. The number of thiazole rings is 1. The lowest BCUT2D eigenvalue weighted by Gasteiger charge is -2.19. The van der Waals surface area contributed by atoms with Crippen LogP contribution in [-0.2, 0) is 9.59 Å². The van der Waals surface area contributed by atoms with Crippen LogP contribution in [0.15, 0.2) is 18.2 Å². The quantitative estimate of drug-likeness (QED) is 0.907. The van der Waals surface area contributed by atoms with Gasteiger partial charge in [0, 0.05) is 11.9 Å². The van der Waals surface area contributed by atoms with E-state index in [1.807, 2.05) is 19.9 Å². The molecule has 0 bridgehead atoms. The van der Waals surface area contributed by atoms with Crippen molar-refractivity contribution < 1.29 is 9.59 Å². The number of hydrogen-bond donors (Lipinski definition) is 2. The first kappa shape index (κ1) is 15.7. The monoisotopic (exact) mass is 325 g/mol. The van der Waals surface area contributed by atoms with E-state index < -0.39 is 6.04 Å². The predicted octanol–water partition coefficient (Wildman–Crippen LogP) is 3.05. The Bertz CT molecular complexity index is 684. The van der Waals surface area contributed by atoms with Crippen LogP contribution in [0.4, 0.5) is 5.13 Å². The van der Waals surface area contributed by atoms with E-state index in [0.29, 0.717) is 10.2 Å². The molecule has 0 saturated heterocycles. The van der Waals surface area contributed by atoms with Crippen LogP contribution >= 0.6 is 22.9 Å². The SMILES string of the molecule is CC(=O)NC(C(=O)Nc1nc2cc(Cl)ccc2s1)C(C)C. The molecule has 7 heteroatoms. The van der Waals surface area contributed by atoms with Crippen molar-refractivity contribution in [2.24, 2.45) is 5.92 Å². The molecule has 0 aliphatic carbocycles. The van der Waals surface area contributed by atoms with Gasteiger partial charge in [-0.25, -0.2) is 4.98 Å². The summed E-state index contributed by atoms with van der Waals surface area (Å²) in [5.74, 6) is -0.525. The van der Waals surface area contributed by atoms with Gasteiger partial charge in [-0.1, -0.05) is 36.8 Å². The van der Waals surface area contributed by atoms with Crippen molar-refractivity contribution in [2.75, 3.05) is 5.32 Å². The van der Waals surface area contributed by atoms with Gasteiger partial charge in [-0.2, -0.15) is 0 Å². The third kappa shape index (κ3) is 3.92. The summed E-state index contributed by atoms with van der Waals surface area (Å²) in [7, 11) is 0.